The van der Waals surface area contributed by atoms with Gasteiger partial charge in [0, 0.05) is 69.8 Å². The van der Waals surface area contributed by atoms with Gasteiger partial charge in [-0.1, -0.05) is 23.5 Å². The molecule has 1 N–H and O–H groups in total. The number of aromatic nitrogens is 3. The summed E-state index contributed by atoms with van der Waals surface area (Å²) in [5, 5.41) is 5.93. The molecule has 1 fully saturated rings. The van der Waals surface area contributed by atoms with Crippen LogP contribution in [0.15, 0.2) is 55.0 Å². The lowest BCUT2D eigenvalue weighted by molar-refractivity contribution is 0.102. The molecule has 1 amide bonds. The van der Waals surface area contributed by atoms with Gasteiger partial charge in [-0.05, 0) is 42.3 Å². The summed E-state index contributed by atoms with van der Waals surface area (Å²) in [4.78, 5) is 34.0. The van der Waals surface area contributed by atoms with Gasteiger partial charge in [-0.15, -0.1) is 0 Å². The van der Waals surface area contributed by atoms with Crippen LogP contribution in [0.1, 0.15) is 10.4 Å². The van der Waals surface area contributed by atoms with Crippen molar-refractivity contribution in [3.63, 3.8) is 0 Å². The maximum atomic E-state index is 13.0. The summed E-state index contributed by atoms with van der Waals surface area (Å²) in [6.07, 6.45) is 5.38. The number of nitrogens with one attached hydrogen (secondary N) is 1. The summed E-state index contributed by atoms with van der Waals surface area (Å²) in [5.41, 5.74) is 1.66. The molecule has 0 unspecified atom stereocenters. The van der Waals surface area contributed by atoms with Crippen molar-refractivity contribution in [1.29, 1.82) is 0 Å². The normalized spacial score (nSPS) is 14.4. The first kappa shape index (κ1) is 22.2. The minimum Gasteiger partial charge on any atom is -0.354 e. The molecule has 174 valence electrons. The molecule has 9 heteroatoms. The van der Waals surface area contributed by atoms with E-state index in [2.05, 4.69) is 49.2 Å². The molecule has 8 nitrogen and oxygen atoms in total. The lowest BCUT2D eigenvalue weighted by Gasteiger charge is -2.33. The van der Waals surface area contributed by atoms with Crippen molar-refractivity contribution >= 4 is 44.8 Å². The predicted octanol–water partition coefficient (Wildman–Crippen LogP) is 3.82. The number of thiazole rings is 1. The summed E-state index contributed by atoms with van der Waals surface area (Å²) in [7, 11) is 6.09. The zero-order valence-corrected chi connectivity index (χ0v) is 20.3. The fourth-order valence-corrected chi connectivity index (χ4v) is 4.76. The highest BCUT2D eigenvalue weighted by Crippen LogP contribution is 2.32. The van der Waals surface area contributed by atoms with Crippen molar-refractivity contribution in [2.45, 2.75) is 0 Å². The molecule has 3 aromatic heterocycles. The Morgan fingerprint density at radius 1 is 0.971 bits per heavy atom. The van der Waals surface area contributed by atoms with Gasteiger partial charge in [-0.2, -0.15) is 0 Å². The lowest BCUT2D eigenvalue weighted by atomic mass is 10.1. The molecule has 4 aromatic rings. The molecule has 1 saturated heterocycles. The molecule has 0 atom stereocenters. The summed E-state index contributed by atoms with van der Waals surface area (Å²) >= 11 is 1.64. The van der Waals surface area contributed by atoms with E-state index >= 15 is 0 Å². The van der Waals surface area contributed by atoms with Crippen LogP contribution in [0.5, 0.6) is 0 Å². The first-order valence-corrected chi connectivity index (χ1v) is 12.0. The van der Waals surface area contributed by atoms with E-state index in [-0.39, 0.29) is 5.91 Å². The van der Waals surface area contributed by atoms with Crippen LogP contribution in [0.25, 0.3) is 21.2 Å². The second-order valence-corrected chi connectivity index (χ2v) is 9.69. The number of piperazine rings is 1. The zero-order chi connectivity index (χ0) is 23.7. The number of amides is 1. The van der Waals surface area contributed by atoms with Gasteiger partial charge in [0.05, 0.1) is 4.88 Å². The summed E-state index contributed by atoms with van der Waals surface area (Å²) in [5.74, 6) is 1.16. The number of pyridine rings is 2. The van der Waals surface area contributed by atoms with Crippen LogP contribution in [0.2, 0.25) is 0 Å². The molecule has 1 aliphatic rings. The number of likely N-dealkylation sites (N-methyl/N-ethyl adjacent to an activating group) is 1. The number of anilines is 3. The van der Waals surface area contributed by atoms with Crippen molar-refractivity contribution in [2.24, 2.45) is 0 Å². The predicted molar refractivity (Wildman–Crippen MR) is 139 cm³/mol. The Morgan fingerprint density at radius 3 is 2.56 bits per heavy atom. The molecule has 0 spiro atoms. The van der Waals surface area contributed by atoms with Crippen LogP contribution in [0.3, 0.4) is 0 Å². The van der Waals surface area contributed by atoms with Crippen LogP contribution in [0, 0.1) is 0 Å². The van der Waals surface area contributed by atoms with Gasteiger partial charge >= 0.3 is 0 Å². The van der Waals surface area contributed by atoms with Gasteiger partial charge < -0.3 is 20.0 Å². The average molecular weight is 474 g/mol. The maximum Gasteiger partial charge on any atom is 0.257 e. The maximum absolute atomic E-state index is 13.0. The van der Waals surface area contributed by atoms with Crippen molar-refractivity contribution in [2.75, 3.05) is 62.4 Å². The number of carbonyl (C=O) groups excluding carboxylic acids is 1. The average Bonchev–Trinajstić information content (AvgIpc) is 3.35. The monoisotopic (exact) mass is 473 g/mol. The number of nitrogens with zero attached hydrogens (tertiary/aromatic N) is 6. The van der Waals surface area contributed by atoms with E-state index in [0.29, 0.717) is 11.4 Å². The zero-order valence-electron chi connectivity index (χ0n) is 19.5. The number of hydrogen-bond donors (Lipinski definition) is 1. The third kappa shape index (κ3) is 4.71. The third-order valence-electron chi connectivity index (χ3n) is 5.96. The SMILES string of the molecule is CN1CCN(c2cc(C(=O)Nc3cc4cc(-c5cnc(N(C)C)s5)ccc4cn3)ccn2)CC1. The Morgan fingerprint density at radius 2 is 1.79 bits per heavy atom. The Bertz CT molecular complexity index is 1330. The molecule has 0 aliphatic carbocycles. The van der Waals surface area contributed by atoms with Crippen LogP contribution in [-0.2, 0) is 0 Å². The largest absolute Gasteiger partial charge is 0.354 e. The van der Waals surface area contributed by atoms with Crippen molar-refractivity contribution in [1.82, 2.24) is 19.9 Å². The Balaban J connectivity index is 1.35. The molecular formula is C25H27N7OS. The highest BCUT2D eigenvalue weighted by Gasteiger charge is 2.17. The van der Waals surface area contributed by atoms with Crippen LogP contribution in [0.4, 0.5) is 16.8 Å². The summed E-state index contributed by atoms with van der Waals surface area (Å²) in [6.45, 7) is 3.77. The van der Waals surface area contributed by atoms with E-state index in [9.17, 15) is 4.79 Å². The van der Waals surface area contributed by atoms with Crippen LogP contribution in [-0.4, -0.2) is 73.1 Å². The van der Waals surface area contributed by atoms with Crippen LogP contribution >= 0.6 is 11.3 Å². The van der Waals surface area contributed by atoms with E-state index in [1.807, 2.05) is 43.4 Å². The van der Waals surface area contributed by atoms with E-state index in [1.165, 1.54) is 0 Å². The lowest BCUT2D eigenvalue weighted by Crippen LogP contribution is -2.44. The van der Waals surface area contributed by atoms with Gasteiger partial charge in [0.2, 0.25) is 0 Å². The molecule has 0 bridgehead atoms. The number of rotatable bonds is 5. The quantitative estimate of drug-likeness (QED) is 0.472. The summed E-state index contributed by atoms with van der Waals surface area (Å²) in [6, 6.07) is 11.7. The number of carbonyl (C=O) groups is 1. The number of benzene rings is 1. The Labute approximate surface area is 202 Å². The Hall–Kier alpha value is -3.56. The standard InChI is InChI=1S/C25H27N7OS/c1-30(2)25-28-16-21(34-25)17-4-5-19-15-27-22(13-20(19)12-17)29-24(33)18-6-7-26-23(14-18)32-10-8-31(3)9-11-32/h4-7,12-16H,8-11H2,1-3H3,(H,27,29,33). The fraction of sp³-hybridized carbons (Fsp3) is 0.280. The highest BCUT2D eigenvalue weighted by molar-refractivity contribution is 7.18. The number of hydrogen-bond acceptors (Lipinski definition) is 8. The second-order valence-electron chi connectivity index (χ2n) is 8.68. The molecular weight excluding hydrogens is 446 g/mol. The first-order valence-electron chi connectivity index (χ1n) is 11.2. The van der Waals surface area contributed by atoms with Gasteiger partial charge in [0.25, 0.3) is 5.91 Å². The molecule has 34 heavy (non-hydrogen) atoms. The second kappa shape index (κ2) is 9.36. The van der Waals surface area contributed by atoms with Gasteiger partial charge in [-0.25, -0.2) is 15.0 Å². The minimum atomic E-state index is -0.195. The van der Waals surface area contributed by atoms with Gasteiger partial charge in [0.15, 0.2) is 5.13 Å². The molecule has 0 radical (unpaired) electrons. The minimum absolute atomic E-state index is 0.195. The van der Waals surface area contributed by atoms with Crippen molar-refractivity contribution in [3.05, 3.63) is 60.6 Å². The smallest absolute Gasteiger partial charge is 0.257 e. The molecule has 1 aromatic carbocycles. The first-order chi connectivity index (χ1) is 16.5. The molecule has 5 rings (SSSR count). The van der Waals surface area contributed by atoms with E-state index in [0.717, 1.165) is 58.3 Å². The third-order valence-corrected chi connectivity index (χ3v) is 7.17. The van der Waals surface area contributed by atoms with Gasteiger partial charge in [-0.3, -0.25) is 4.79 Å². The van der Waals surface area contributed by atoms with E-state index in [1.54, 1.807) is 29.8 Å². The molecule has 4 heterocycles. The van der Waals surface area contributed by atoms with E-state index < -0.39 is 0 Å². The van der Waals surface area contributed by atoms with Crippen molar-refractivity contribution < 1.29 is 4.79 Å². The van der Waals surface area contributed by atoms with Crippen molar-refractivity contribution in [3.8, 4) is 10.4 Å². The highest BCUT2D eigenvalue weighted by atomic mass is 32.1. The van der Waals surface area contributed by atoms with E-state index in [4.69, 9.17) is 0 Å². The summed E-state index contributed by atoms with van der Waals surface area (Å²) < 4.78 is 0. The topological polar surface area (TPSA) is 77.5 Å². The fourth-order valence-electron chi connectivity index (χ4n) is 3.92. The number of fused-ring (bicyclic) bond motifs is 1. The molecule has 0 saturated carbocycles. The molecule has 1 aliphatic heterocycles. The Kier molecular flexibility index (Phi) is 6.12. The van der Waals surface area contributed by atoms with Gasteiger partial charge in [0.1, 0.15) is 11.6 Å². The van der Waals surface area contributed by atoms with Crippen LogP contribution < -0.4 is 15.1 Å².